The average molecular weight is 298 g/mol. The molecule has 116 valence electrons. The molecule has 3 rings (SSSR count). The molecule has 1 aliphatic rings. The Bertz CT molecular complexity index is 603. The second kappa shape index (κ2) is 7.22. The van der Waals surface area contributed by atoms with Gasteiger partial charge in [0.15, 0.2) is 0 Å². The Labute approximate surface area is 130 Å². The molecule has 2 aromatic rings. The van der Waals surface area contributed by atoms with Gasteiger partial charge < -0.3 is 5.32 Å². The van der Waals surface area contributed by atoms with Crippen LogP contribution in [0, 0.1) is 0 Å². The van der Waals surface area contributed by atoms with Gasteiger partial charge in [0, 0.05) is 37.6 Å². The van der Waals surface area contributed by atoms with Crippen LogP contribution in [0.1, 0.15) is 24.8 Å². The van der Waals surface area contributed by atoms with Gasteiger partial charge in [-0.2, -0.15) is 5.10 Å². The van der Waals surface area contributed by atoms with Gasteiger partial charge in [0.1, 0.15) is 0 Å². The molecular weight excluding hydrogens is 276 g/mol. The Kier molecular flexibility index (Phi) is 4.85. The third kappa shape index (κ3) is 4.18. The molecule has 1 fully saturated rings. The third-order valence-electron chi connectivity index (χ3n) is 3.94. The zero-order chi connectivity index (χ0) is 15.2. The van der Waals surface area contributed by atoms with Crippen LogP contribution >= 0.6 is 0 Å². The third-order valence-corrected chi connectivity index (χ3v) is 3.94. The first-order chi connectivity index (χ1) is 10.8. The number of anilines is 1. The molecule has 1 amide bonds. The first-order valence-electron chi connectivity index (χ1n) is 7.88. The second-order valence-corrected chi connectivity index (χ2v) is 5.75. The van der Waals surface area contributed by atoms with Crippen LogP contribution in [0.25, 0.3) is 0 Å². The minimum atomic E-state index is 0.0221. The number of aryl methyl sites for hydroxylation is 1. The summed E-state index contributed by atoms with van der Waals surface area (Å²) in [6, 6.07) is 10.0. The number of carbonyl (C=O) groups excluding carboxylic acids is 1. The normalized spacial score (nSPS) is 15.1. The maximum absolute atomic E-state index is 12.0. The number of nitrogens with one attached hydrogen (secondary N) is 1. The van der Waals surface area contributed by atoms with Crippen LogP contribution in [-0.2, 0) is 17.9 Å². The zero-order valence-electron chi connectivity index (χ0n) is 12.7. The number of aromatic nitrogens is 2. The second-order valence-electron chi connectivity index (χ2n) is 5.75. The van der Waals surface area contributed by atoms with E-state index in [0.29, 0.717) is 13.0 Å². The smallest absolute Gasteiger partial charge is 0.226 e. The number of carbonyl (C=O) groups is 1. The van der Waals surface area contributed by atoms with E-state index in [9.17, 15) is 4.79 Å². The van der Waals surface area contributed by atoms with Crippen LogP contribution in [0.2, 0.25) is 0 Å². The molecule has 0 saturated carbocycles. The Morgan fingerprint density at radius 1 is 1.23 bits per heavy atom. The summed E-state index contributed by atoms with van der Waals surface area (Å²) in [5.41, 5.74) is 2.13. The highest BCUT2D eigenvalue weighted by atomic mass is 16.1. The summed E-state index contributed by atoms with van der Waals surface area (Å²) in [6.45, 7) is 3.93. The number of nitrogens with zero attached hydrogens (tertiary/aromatic N) is 3. The highest BCUT2D eigenvalue weighted by Crippen LogP contribution is 2.16. The van der Waals surface area contributed by atoms with E-state index in [2.05, 4.69) is 27.4 Å². The van der Waals surface area contributed by atoms with Crippen molar-refractivity contribution in [2.45, 2.75) is 32.4 Å². The van der Waals surface area contributed by atoms with Gasteiger partial charge in [0.25, 0.3) is 0 Å². The van der Waals surface area contributed by atoms with Crippen LogP contribution < -0.4 is 5.32 Å². The molecule has 5 nitrogen and oxygen atoms in total. The lowest BCUT2D eigenvalue weighted by molar-refractivity contribution is -0.116. The van der Waals surface area contributed by atoms with Gasteiger partial charge >= 0.3 is 0 Å². The molecule has 0 spiro atoms. The van der Waals surface area contributed by atoms with Crippen LogP contribution in [0.3, 0.4) is 0 Å². The molecule has 1 aromatic carbocycles. The van der Waals surface area contributed by atoms with Crippen LogP contribution in [-0.4, -0.2) is 33.7 Å². The summed E-state index contributed by atoms with van der Waals surface area (Å²) < 4.78 is 1.77. The van der Waals surface area contributed by atoms with Gasteiger partial charge in [0.2, 0.25) is 5.91 Å². The molecule has 22 heavy (non-hydrogen) atoms. The van der Waals surface area contributed by atoms with Gasteiger partial charge in [0.05, 0.1) is 0 Å². The Balaban J connectivity index is 1.51. The summed E-state index contributed by atoms with van der Waals surface area (Å²) in [6.07, 6.45) is 6.61. The van der Waals surface area contributed by atoms with Gasteiger partial charge in [-0.05, 0) is 49.7 Å². The first kappa shape index (κ1) is 14.8. The van der Waals surface area contributed by atoms with Crippen molar-refractivity contribution in [3.05, 3.63) is 48.3 Å². The molecule has 1 aliphatic heterocycles. The van der Waals surface area contributed by atoms with Crippen molar-refractivity contribution in [2.24, 2.45) is 0 Å². The quantitative estimate of drug-likeness (QED) is 0.891. The average Bonchev–Trinajstić information content (AvgIpc) is 3.19. The van der Waals surface area contributed by atoms with Gasteiger partial charge in [-0.3, -0.25) is 14.4 Å². The van der Waals surface area contributed by atoms with Gasteiger partial charge in [-0.25, -0.2) is 0 Å². The maximum Gasteiger partial charge on any atom is 0.226 e. The molecule has 1 aromatic heterocycles. The van der Waals surface area contributed by atoms with Crippen molar-refractivity contribution in [2.75, 3.05) is 18.4 Å². The van der Waals surface area contributed by atoms with E-state index in [-0.39, 0.29) is 5.91 Å². The fourth-order valence-electron chi connectivity index (χ4n) is 2.82. The number of hydrogen-bond acceptors (Lipinski definition) is 3. The van der Waals surface area contributed by atoms with Gasteiger partial charge in [-0.1, -0.05) is 12.1 Å². The molecule has 0 atom stereocenters. The van der Waals surface area contributed by atoms with Crippen LogP contribution in [0.15, 0.2) is 42.7 Å². The first-order valence-corrected chi connectivity index (χ1v) is 7.88. The van der Waals surface area contributed by atoms with E-state index in [0.717, 1.165) is 12.2 Å². The molecule has 0 radical (unpaired) electrons. The Hall–Kier alpha value is -2.14. The van der Waals surface area contributed by atoms with Crippen molar-refractivity contribution >= 4 is 11.6 Å². The molecule has 0 aliphatic carbocycles. The Morgan fingerprint density at radius 2 is 2.09 bits per heavy atom. The monoisotopic (exact) mass is 298 g/mol. The van der Waals surface area contributed by atoms with E-state index in [1.807, 2.05) is 24.4 Å². The lowest BCUT2D eigenvalue weighted by atomic mass is 10.2. The largest absolute Gasteiger partial charge is 0.326 e. The summed E-state index contributed by atoms with van der Waals surface area (Å²) >= 11 is 0. The van der Waals surface area contributed by atoms with Crippen molar-refractivity contribution in [1.82, 2.24) is 14.7 Å². The van der Waals surface area contributed by atoms with Crippen LogP contribution in [0.4, 0.5) is 5.69 Å². The van der Waals surface area contributed by atoms with Crippen molar-refractivity contribution in [3.63, 3.8) is 0 Å². The molecule has 1 N–H and O–H groups in total. The highest BCUT2D eigenvalue weighted by molar-refractivity contribution is 5.90. The summed E-state index contributed by atoms with van der Waals surface area (Å²) in [5.74, 6) is 0.0221. The van der Waals surface area contributed by atoms with Crippen molar-refractivity contribution in [1.29, 1.82) is 0 Å². The molecule has 0 unspecified atom stereocenters. The van der Waals surface area contributed by atoms with Crippen molar-refractivity contribution in [3.8, 4) is 0 Å². The minimum absolute atomic E-state index is 0.0221. The molecule has 1 saturated heterocycles. The predicted octanol–water partition coefficient (Wildman–Crippen LogP) is 2.51. The van der Waals surface area contributed by atoms with Gasteiger partial charge in [-0.15, -0.1) is 0 Å². The number of likely N-dealkylation sites (tertiary alicyclic amines) is 1. The number of rotatable bonds is 6. The topological polar surface area (TPSA) is 50.2 Å². The standard InChI is InChI=1S/C17H22N4O/c22-17(7-12-21-11-4-8-18-21)19-16-6-3-5-15(13-16)14-20-9-1-2-10-20/h3-6,8,11,13H,1-2,7,9-10,12,14H2,(H,19,22). The molecular formula is C17H22N4O. The summed E-state index contributed by atoms with van der Waals surface area (Å²) in [5, 5.41) is 7.07. The Morgan fingerprint density at radius 3 is 2.86 bits per heavy atom. The molecule has 2 heterocycles. The van der Waals surface area contributed by atoms with E-state index < -0.39 is 0 Å². The SMILES string of the molecule is O=C(CCn1cccn1)Nc1cccc(CN2CCCC2)c1. The fraction of sp³-hybridized carbons (Fsp3) is 0.412. The predicted molar refractivity (Wildman–Crippen MR) is 86.4 cm³/mol. The van der Waals surface area contributed by atoms with Crippen LogP contribution in [0.5, 0.6) is 0 Å². The van der Waals surface area contributed by atoms with Crippen molar-refractivity contribution < 1.29 is 4.79 Å². The number of amides is 1. The summed E-state index contributed by atoms with van der Waals surface area (Å²) in [7, 11) is 0. The maximum atomic E-state index is 12.0. The van der Waals surface area contributed by atoms with E-state index in [1.165, 1.54) is 31.5 Å². The molecule has 5 heteroatoms. The van der Waals surface area contributed by atoms with E-state index >= 15 is 0 Å². The lowest BCUT2D eigenvalue weighted by Crippen LogP contribution is -2.18. The van der Waals surface area contributed by atoms with E-state index in [1.54, 1.807) is 10.9 Å². The number of hydrogen-bond donors (Lipinski definition) is 1. The fourth-order valence-corrected chi connectivity index (χ4v) is 2.82. The number of benzene rings is 1. The minimum Gasteiger partial charge on any atom is -0.326 e. The molecule has 0 bridgehead atoms. The lowest BCUT2D eigenvalue weighted by Gasteiger charge is -2.15. The highest BCUT2D eigenvalue weighted by Gasteiger charge is 2.12. The summed E-state index contributed by atoms with van der Waals surface area (Å²) in [4.78, 5) is 14.5. The van der Waals surface area contributed by atoms with E-state index in [4.69, 9.17) is 0 Å². The zero-order valence-corrected chi connectivity index (χ0v) is 12.7.